The molecule has 0 bridgehead atoms. The maximum absolute atomic E-state index is 14.4. The maximum Gasteiger partial charge on any atom is 0.129 e. The average Bonchev–Trinajstić information content (AvgIpc) is 3.38. The van der Waals surface area contributed by atoms with Gasteiger partial charge in [0.1, 0.15) is 5.82 Å². The van der Waals surface area contributed by atoms with Gasteiger partial charge in [0, 0.05) is 55.5 Å². The lowest BCUT2D eigenvalue weighted by atomic mass is 10.1. The van der Waals surface area contributed by atoms with E-state index in [4.69, 9.17) is 0 Å². The fourth-order valence-electron chi connectivity index (χ4n) is 3.51. The molecule has 4 nitrogen and oxygen atoms in total. The molecule has 4 rings (SSSR count). The minimum Gasteiger partial charge on any atom is -0.371 e. The fourth-order valence-corrected chi connectivity index (χ4v) is 3.51. The minimum atomic E-state index is -0.127. The first-order valence-electron chi connectivity index (χ1n) is 9.11. The van der Waals surface area contributed by atoms with Crippen LogP contribution in [0.15, 0.2) is 61.2 Å². The summed E-state index contributed by atoms with van der Waals surface area (Å²) in [5, 5.41) is 3.39. The molecule has 1 N–H and O–H groups in total. The smallest absolute Gasteiger partial charge is 0.129 e. The second kappa shape index (κ2) is 7.70. The Morgan fingerprint density at radius 2 is 1.81 bits per heavy atom. The van der Waals surface area contributed by atoms with Crippen LogP contribution in [0.4, 0.5) is 10.1 Å². The van der Waals surface area contributed by atoms with Gasteiger partial charge in [-0.2, -0.15) is 0 Å². The first-order valence-corrected chi connectivity index (χ1v) is 9.11. The molecular weight excluding hydrogens is 327 g/mol. The van der Waals surface area contributed by atoms with Gasteiger partial charge in [-0.3, -0.25) is 0 Å². The van der Waals surface area contributed by atoms with Crippen LogP contribution in [0.1, 0.15) is 24.0 Å². The molecule has 0 unspecified atom stereocenters. The largest absolute Gasteiger partial charge is 0.371 e. The predicted molar refractivity (Wildman–Crippen MR) is 102 cm³/mol. The van der Waals surface area contributed by atoms with Crippen molar-refractivity contribution in [3.8, 4) is 5.69 Å². The Labute approximate surface area is 153 Å². The minimum absolute atomic E-state index is 0.127. The zero-order valence-electron chi connectivity index (χ0n) is 14.7. The third-order valence-corrected chi connectivity index (χ3v) is 4.91. The topological polar surface area (TPSA) is 33.1 Å². The van der Waals surface area contributed by atoms with Crippen molar-refractivity contribution in [2.45, 2.75) is 25.9 Å². The molecule has 1 aromatic heterocycles. The molecule has 1 fully saturated rings. The number of imidazole rings is 1. The molecule has 2 heterocycles. The molecule has 0 spiro atoms. The van der Waals surface area contributed by atoms with Crippen LogP contribution >= 0.6 is 0 Å². The monoisotopic (exact) mass is 350 g/mol. The van der Waals surface area contributed by atoms with E-state index >= 15 is 0 Å². The van der Waals surface area contributed by atoms with Crippen molar-refractivity contribution in [1.29, 1.82) is 0 Å². The normalized spacial score (nSPS) is 14.1. The number of hydrogen-bond donors (Lipinski definition) is 1. The van der Waals surface area contributed by atoms with Gasteiger partial charge in [-0.1, -0.05) is 18.2 Å². The molecule has 134 valence electrons. The van der Waals surface area contributed by atoms with Crippen molar-refractivity contribution in [3.05, 3.63) is 78.1 Å². The van der Waals surface area contributed by atoms with Crippen LogP contribution < -0.4 is 10.2 Å². The van der Waals surface area contributed by atoms with Gasteiger partial charge >= 0.3 is 0 Å². The van der Waals surface area contributed by atoms with Crippen LogP contribution in [0.25, 0.3) is 5.69 Å². The Morgan fingerprint density at radius 3 is 2.54 bits per heavy atom. The molecule has 0 radical (unpaired) electrons. The van der Waals surface area contributed by atoms with Gasteiger partial charge in [0.15, 0.2) is 0 Å². The van der Waals surface area contributed by atoms with Crippen LogP contribution in [0.3, 0.4) is 0 Å². The second-order valence-electron chi connectivity index (χ2n) is 6.67. The van der Waals surface area contributed by atoms with E-state index in [1.165, 1.54) is 18.4 Å². The molecule has 1 aliphatic heterocycles. The first-order chi connectivity index (χ1) is 12.8. The van der Waals surface area contributed by atoms with E-state index in [0.29, 0.717) is 13.1 Å². The number of benzene rings is 2. The van der Waals surface area contributed by atoms with E-state index in [9.17, 15) is 4.39 Å². The highest BCUT2D eigenvalue weighted by Crippen LogP contribution is 2.26. The molecule has 2 aromatic carbocycles. The molecule has 5 heteroatoms. The van der Waals surface area contributed by atoms with Gasteiger partial charge in [-0.15, -0.1) is 0 Å². The van der Waals surface area contributed by atoms with Crippen LogP contribution in [-0.2, 0) is 13.1 Å². The lowest BCUT2D eigenvalue weighted by Gasteiger charge is -2.22. The molecule has 1 aliphatic rings. The summed E-state index contributed by atoms with van der Waals surface area (Å²) in [5.41, 5.74) is 4.06. The van der Waals surface area contributed by atoms with Gasteiger partial charge in [0.25, 0.3) is 0 Å². The number of nitrogens with zero attached hydrogens (tertiary/aromatic N) is 3. The molecule has 0 atom stereocenters. The summed E-state index contributed by atoms with van der Waals surface area (Å²) in [6, 6.07) is 13.7. The van der Waals surface area contributed by atoms with Crippen molar-refractivity contribution < 1.29 is 4.39 Å². The van der Waals surface area contributed by atoms with E-state index in [-0.39, 0.29) is 5.82 Å². The molecule has 0 aliphatic carbocycles. The molecular formula is C21H23FN4. The number of halogens is 1. The lowest BCUT2D eigenvalue weighted by molar-refractivity contribution is 0.587. The number of aromatic nitrogens is 2. The Hall–Kier alpha value is -2.66. The van der Waals surface area contributed by atoms with E-state index in [1.54, 1.807) is 24.7 Å². The van der Waals surface area contributed by atoms with Crippen LogP contribution in [-0.4, -0.2) is 22.6 Å². The standard InChI is InChI=1S/C21H23FN4/c22-20-4-3-5-21(25-11-1-2-12-25)19(20)15-24-14-17-6-8-18(9-7-17)26-13-10-23-16-26/h3-10,13,16,24H,1-2,11-12,14-15H2. The van der Waals surface area contributed by atoms with Gasteiger partial charge in [0.2, 0.25) is 0 Å². The van der Waals surface area contributed by atoms with E-state index in [1.807, 2.05) is 16.8 Å². The number of rotatable bonds is 6. The Kier molecular flexibility index (Phi) is 4.97. The molecule has 3 aromatic rings. The summed E-state index contributed by atoms with van der Waals surface area (Å²) >= 11 is 0. The number of hydrogen-bond acceptors (Lipinski definition) is 3. The van der Waals surface area contributed by atoms with Gasteiger partial charge in [-0.25, -0.2) is 9.37 Å². The summed E-state index contributed by atoms with van der Waals surface area (Å²) < 4.78 is 16.3. The van der Waals surface area contributed by atoms with Crippen molar-refractivity contribution in [2.24, 2.45) is 0 Å². The van der Waals surface area contributed by atoms with E-state index in [0.717, 1.165) is 30.0 Å². The predicted octanol–water partition coefficient (Wildman–Crippen LogP) is 3.90. The quantitative estimate of drug-likeness (QED) is 0.732. The van der Waals surface area contributed by atoms with Crippen LogP contribution in [0, 0.1) is 5.82 Å². The summed E-state index contributed by atoms with van der Waals surface area (Å²) in [5.74, 6) is -0.127. The van der Waals surface area contributed by atoms with Crippen LogP contribution in [0.5, 0.6) is 0 Å². The van der Waals surface area contributed by atoms with Gasteiger partial charge in [0.05, 0.1) is 6.33 Å². The van der Waals surface area contributed by atoms with Crippen LogP contribution in [0.2, 0.25) is 0 Å². The summed E-state index contributed by atoms with van der Waals surface area (Å²) in [7, 11) is 0. The highest BCUT2D eigenvalue weighted by molar-refractivity contribution is 5.54. The lowest BCUT2D eigenvalue weighted by Crippen LogP contribution is -2.22. The number of anilines is 1. The van der Waals surface area contributed by atoms with Crippen molar-refractivity contribution in [3.63, 3.8) is 0 Å². The Bertz CT molecular complexity index is 837. The highest BCUT2D eigenvalue weighted by atomic mass is 19.1. The second-order valence-corrected chi connectivity index (χ2v) is 6.67. The van der Waals surface area contributed by atoms with Crippen molar-refractivity contribution >= 4 is 5.69 Å². The van der Waals surface area contributed by atoms with Gasteiger partial charge < -0.3 is 14.8 Å². The SMILES string of the molecule is Fc1cccc(N2CCCC2)c1CNCc1ccc(-n2ccnc2)cc1. The molecule has 0 amide bonds. The summed E-state index contributed by atoms with van der Waals surface area (Å²) in [4.78, 5) is 6.36. The zero-order valence-corrected chi connectivity index (χ0v) is 14.7. The number of nitrogens with one attached hydrogen (secondary N) is 1. The third-order valence-electron chi connectivity index (χ3n) is 4.91. The Balaban J connectivity index is 1.40. The van der Waals surface area contributed by atoms with E-state index < -0.39 is 0 Å². The van der Waals surface area contributed by atoms with Crippen molar-refractivity contribution in [1.82, 2.24) is 14.9 Å². The highest BCUT2D eigenvalue weighted by Gasteiger charge is 2.17. The first kappa shape index (κ1) is 16.8. The van der Waals surface area contributed by atoms with E-state index in [2.05, 4.69) is 39.5 Å². The zero-order chi connectivity index (χ0) is 17.8. The van der Waals surface area contributed by atoms with Gasteiger partial charge in [-0.05, 0) is 42.7 Å². The Morgan fingerprint density at radius 1 is 1.00 bits per heavy atom. The third kappa shape index (κ3) is 3.63. The maximum atomic E-state index is 14.4. The summed E-state index contributed by atoms with van der Waals surface area (Å²) in [6.07, 6.45) is 7.85. The molecule has 1 saturated heterocycles. The van der Waals surface area contributed by atoms with Crippen molar-refractivity contribution in [2.75, 3.05) is 18.0 Å². The summed E-state index contributed by atoms with van der Waals surface area (Å²) in [6.45, 7) is 3.28. The average molecular weight is 350 g/mol. The molecule has 0 saturated carbocycles. The molecule has 26 heavy (non-hydrogen) atoms. The fraction of sp³-hybridized carbons (Fsp3) is 0.286.